The average Bonchev–Trinajstić information content (AvgIpc) is 3.02. The maximum atomic E-state index is 13.3. The standard InChI is InChI=1S/C11H14FNO2S/c12-10-3-1-2-4-11(10)16(14,15)13-8-7-9-5-6-9/h1-4,9,13H,5-8H2. The summed E-state index contributed by atoms with van der Waals surface area (Å²) in [5.74, 6) is -0.0512. The highest BCUT2D eigenvalue weighted by molar-refractivity contribution is 7.89. The lowest BCUT2D eigenvalue weighted by Crippen LogP contribution is -2.25. The molecule has 0 amide bonds. The molecule has 0 atom stereocenters. The van der Waals surface area contributed by atoms with Crippen LogP contribution in [0.15, 0.2) is 29.2 Å². The molecule has 0 saturated heterocycles. The molecular formula is C11H14FNO2S. The molecule has 0 unspecified atom stereocenters. The Hall–Kier alpha value is -0.940. The van der Waals surface area contributed by atoms with Gasteiger partial charge in [0.05, 0.1) is 0 Å². The second kappa shape index (κ2) is 4.51. The van der Waals surface area contributed by atoms with Gasteiger partial charge in [-0.2, -0.15) is 0 Å². The molecule has 1 N–H and O–H groups in total. The molecule has 5 heteroatoms. The van der Waals surface area contributed by atoms with E-state index in [9.17, 15) is 12.8 Å². The predicted molar refractivity (Wildman–Crippen MR) is 58.9 cm³/mol. The molecule has 1 aliphatic rings. The van der Waals surface area contributed by atoms with Crippen LogP contribution in [0.25, 0.3) is 0 Å². The molecule has 16 heavy (non-hydrogen) atoms. The van der Waals surface area contributed by atoms with Crippen LogP contribution in [0.2, 0.25) is 0 Å². The Morgan fingerprint density at radius 3 is 2.62 bits per heavy atom. The number of sulfonamides is 1. The van der Waals surface area contributed by atoms with Gasteiger partial charge in [-0.25, -0.2) is 17.5 Å². The Morgan fingerprint density at radius 2 is 2.00 bits per heavy atom. The van der Waals surface area contributed by atoms with E-state index >= 15 is 0 Å². The van der Waals surface area contributed by atoms with Crippen LogP contribution in [0.4, 0.5) is 4.39 Å². The van der Waals surface area contributed by atoms with Crippen LogP contribution in [-0.2, 0) is 10.0 Å². The van der Waals surface area contributed by atoms with Gasteiger partial charge in [-0.05, 0) is 24.5 Å². The Morgan fingerprint density at radius 1 is 1.31 bits per heavy atom. The summed E-state index contributed by atoms with van der Waals surface area (Å²) in [5.41, 5.74) is 0. The molecule has 1 fully saturated rings. The van der Waals surface area contributed by atoms with E-state index in [4.69, 9.17) is 0 Å². The first-order valence-corrected chi connectivity index (χ1v) is 6.82. The van der Waals surface area contributed by atoms with Crippen molar-refractivity contribution in [1.82, 2.24) is 4.72 Å². The van der Waals surface area contributed by atoms with E-state index in [1.165, 1.54) is 31.0 Å². The first-order chi connectivity index (χ1) is 7.59. The summed E-state index contributed by atoms with van der Waals surface area (Å²) in [6, 6.07) is 5.40. The number of benzene rings is 1. The van der Waals surface area contributed by atoms with E-state index < -0.39 is 15.8 Å². The minimum Gasteiger partial charge on any atom is -0.211 e. The maximum Gasteiger partial charge on any atom is 0.243 e. The number of hydrogen-bond donors (Lipinski definition) is 1. The van der Waals surface area contributed by atoms with E-state index in [0.29, 0.717) is 12.5 Å². The lowest BCUT2D eigenvalue weighted by molar-refractivity contribution is 0.553. The smallest absolute Gasteiger partial charge is 0.211 e. The van der Waals surface area contributed by atoms with Crippen LogP contribution >= 0.6 is 0 Å². The minimum atomic E-state index is -3.68. The third-order valence-electron chi connectivity index (χ3n) is 2.67. The zero-order chi connectivity index (χ0) is 11.6. The summed E-state index contributed by atoms with van der Waals surface area (Å²) in [7, 11) is -3.68. The molecular weight excluding hydrogens is 229 g/mol. The molecule has 2 rings (SSSR count). The van der Waals surface area contributed by atoms with E-state index in [0.717, 1.165) is 12.5 Å². The summed E-state index contributed by atoms with van der Waals surface area (Å²) in [4.78, 5) is -0.272. The van der Waals surface area contributed by atoms with E-state index in [-0.39, 0.29) is 4.90 Å². The summed E-state index contributed by atoms with van der Waals surface area (Å²) in [6.07, 6.45) is 3.20. The van der Waals surface area contributed by atoms with Crippen molar-refractivity contribution in [3.05, 3.63) is 30.1 Å². The fourth-order valence-electron chi connectivity index (χ4n) is 1.54. The van der Waals surface area contributed by atoms with Gasteiger partial charge < -0.3 is 0 Å². The predicted octanol–water partition coefficient (Wildman–Crippen LogP) is 1.90. The topological polar surface area (TPSA) is 46.2 Å². The molecule has 1 aliphatic carbocycles. The van der Waals surface area contributed by atoms with Gasteiger partial charge in [0.1, 0.15) is 10.7 Å². The Balaban J connectivity index is 2.03. The lowest BCUT2D eigenvalue weighted by Gasteiger charge is -2.06. The van der Waals surface area contributed by atoms with Gasteiger partial charge in [-0.3, -0.25) is 0 Å². The van der Waals surface area contributed by atoms with Crippen LogP contribution in [0.1, 0.15) is 19.3 Å². The number of nitrogens with one attached hydrogen (secondary N) is 1. The number of halogens is 1. The van der Waals surface area contributed by atoms with Crippen LogP contribution in [-0.4, -0.2) is 15.0 Å². The summed E-state index contributed by atoms with van der Waals surface area (Å²) in [6.45, 7) is 0.390. The lowest BCUT2D eigenvalue weighted by atomic mass is 10.3. The van der Waals surface area contributed by atoms with Crippen LogP contribution in [0, 0.1) is 11.7 Å². The Bertz CT molecular complexity index is 469. The van der Waals surface area contributed by atoms with Gasteiger partial charge in [-0.1, -0.05) is 25.0 Å². The zero-order valence-electron chi connectivity index (χ0n) is 8.82. The summed E-state index contributed by atoms with van der Waals surface area (Å²) < 4.78 is 39.1. The van der Waals surface area contributed by atoms with Crippen molar-refractivity contribution in [2.75, 3.05) is 6.54 Å². The third kappa shape index (κ3) is 2.80. The molecule has 0 heterocycles. The fraction of sp³-hybridized carbons (Fsp3) is 0.455. The Kier molecular flexibility index (Phi) is 3.25. The van der Waals surface area contributed by atoms with Gasteiger partial charge in [0, 0.05) is 6.54 Å². The van der Waals surface area contributed by atoms with Crippen molar-refractivity contribution in [2.45, 2.75) is 24.2 Å². The molecule has 0 radical (unpaired) electrons. The molecule has 1 aromatic carbocycles. The molecule has 1 saturated carbocycles. The van der Waals surface area contributed by atoms with Gasteiger partial charge in [0.2, 0.25) is 10.0 Å². The monoisotopic (exact) mass is 243 g/mol. The van der Waals surface area contributed by atoms with Crippen LogP contribution < -0.4 is 4.72 Å². The van der Waals surface area contributed by atoms with Crippen molar-refractivity contribution in [1.29, 1.82) is 0 Å². The molecule has 0 aromatic heterocycles. The SMILES string of the molecule is O=S(=O)(NCCC1CC1)c1ccccc1F. The second-order valence-electron chi connectivity index (χ2n) is 4.06. The highest BCUT2D eigenvalue weighted by Crippen LogP contribution is 2.31. The zero-order valence-corrected chi connectivity index (χ0v) is 9.63. The second-order valence-corrected chi connectivity index (χ2v) is 5.80. The van der Waals surface area contributed by atoms with Crippen LogP contribution in [0.3, 0.4) is 0 Å². The minimum absolute atomic E-state index is 0.272. The first-order valence-electron chi connectivity index (χ1n) is 5.34. The first kappa shape index (κ1) is 11.5. The molecule has 88 valence electrons. The molecule has 3 nitrogen and oxygen atoms in total. The van der Waals surface area contributed by atoms with Crippen molar-refractivity contribution < 1.29 is 12.8 Å². The highest BCUT2D eigenvalue weighted by Gasteiger charge is 2.23. The van der Waals surface area contributed by atoms with E-state index in [2.05, 4.69) is 4.72 Å². The fourth-order valence-corrected chi connectivity index (χ4v) is 2.67. The van der Waals surface area contributed by atoms with Crippen LogP contribution in [0.5, 0.6) is 0 Å². The van der Waals surface area contributed by atoms with Crippen molar-refractivity contribution in [3.63, 3.8) is 0 Å². The van der Waals surface area contributed by atoms with Gasteiger partial charge in [0.25, 0.3) is 0 Å². The van der Waals surface area contributed by atoms with E-state index in [1.54, 1.807) is 0 Å². The summed E-state index contributed by atoms with van der Waals surface area (Å²) in [5, 5.41) is 0. The number of hydrogen-bond acceptors (Lipinski definition) is 2. The number of rotatable bonds is 5. The van der Waals surface area contributed by atoms with Crippen molar-refractivity contribution in [3.8, 4) is 0 Å². The summed E-state index contributed by atoms with van der Waals surface area (Å²) >= 11 is 0. The van der Waals surface area contributed by atoms with Crippen molar-refractivity contribution in [2.24, 2.45) is 5.92 Å². The quantitative estimate of drug-likeness (QED) is 0.858. The normalized spacial score (nSPS) is 16.3. The van der Waals surface area contributed by atoms with Gasteiger partial charge in [0.15, 0.2) is 0 Å². The third-order valence-corrected chi connectivity index (χ3v) is 4.16. The molecule has 0 bridgehead atoms. The maximum absolute atomic E-state index is 13.3. The van der Waals surface area contributed by atoms with Gasteiger partial charge >= 0.3 is 0 Å². The van der Waals surface area contributed by atoms with E-state index in [1.807, 2.05) is 0 Å². The Labute approximate surface area is 94.7 Å². The largest absolute Gasteiger partial charge is 0.243 e. The van der Waals surface area contributed by atoms with Crippen molar-refractivity contribution >= 4 is 10.0 Å². The molecule has 1 aromatic rings. The molecule has 0 aliphatic heterocycles. The molecule has 0 spiro atoms. The highest BCUT2D eigenvalue weighted by atomic mass is 32.2. The average molecular weight is 243 g/mol. The van der Waals surface area contributed by atoms with Gasteiger partial charge in [-0.15, -0.1) is 0 Å².